The van der Waals surface area contributed by atoms with Gasteiger partial charge in [0, 0.05) is 38.6 Å². The molecule has 3 aromatic rings. The highest BCUT2D eigenvalue weighted by atomic mass is 16.2. The van der Waals surface area contributed by atoms with Crippen LogP contribution in [-0.4, -0.2) is 40.9 Å². The fourth-order valence-corrected chi connectivity index (χ4v) is 4.48. The highest BCUT2D eigenvalue weighted by Gasteiger charge is 2.35. The molecule has 3 aromatic carbocycles. The van der Waals surface area contributed by atoms with E-state index in [2.05, 4.69) is 103 Å². The second-order valence-corrected chi connectivity index (χ2v) is 8.14. The first-order chi connectivity index (χ1) is 14.7. The van der Waals surface area contributed by atoms with E-state index >= 15 is 0 Å². The third-order valence-electron chi connectivity index (χ3n) is 5.99. The Bertz CT molecular complexity index is 875. The minimum Gasteiger partial charge on any atom is -0.340 e. The van der Waals surface area contributed by atoms with Crippen molar-refractivity contribution in [3.8, 4) is 0 Å². The maximum absolute atomic E-state index is 12.3. The number of amides is 1. The Balaban J connectivity index is 1.64. The van der Waals surface area contributed by atoms with E-state index < -0.39 is 0 Å². The van der Waals surface area contributed by atoms with Gasteiger partial charge in [0.15, 0.2) is 0 Å². The van der Waals surface area contributed by atoms with Crippen LogP contribution < -0.4 is 0 Å². The molecule has 1 radical (unpaired) electrons. The molecule has 0 N–H and O–H groups in total. The van der Waals surface area contributed by atoms with Crippen LogP contribution in [0.1, 0.15) is 16.7 Å². The minimum absolute atomic E-state index is 0.0783. The molecule has 0 saturated carbocycles. The predicted octanol–water partition coefficient (Wildman–Crippen LogP) is 4.39. The van der Waals surface area contributed by atoms with Crippen LogP contribution in [0.5, 0.6) is 0 Å². The van der Waals surface area contributed by atoms with Gasteiger partial charge in [0.2, 0.25) is 5.91 Å². The summed E-state index contributed by atoms with van der Waals surface area (Å²) in [6, 6.07) is 32.3. The van der Waals surface area contributed by atoms with Gasteiger partial charge < -0.3 is 4.90 Å². The average Bonchev–Trinajstić information content (AvgIpc) is 2.78. The van der Waals surface area contributed by atoms with Crippen molar-refractivity contribution in [1.82, 2.24) is 9.80 Å². The fraction of sp³-hybridized carbons (Fsp3) is 0.259. The molecule has 3 heteroatoms. The molecular formula is C27H29N2O. The Morgan fingerprint density at radius 2 is 1.10 bits per heavy atom. The summed E-state index contributed by atoms with van der Waals surface area (Å²) in [6.07, 6.45) is 1.84. The van der Waals surface area contributed by atoms with Crippen molar-refractivity contribution in [2.45, 2.75) is 31.5 Å². The zero-order chi connectivity index (χ0) is 20.8. The first-order valence-corrected chi connectivity index (χ1v) is 10.7. The molecule has 1 aliphatic heterocycles. The van der Waals surface area contributed by atoms with Crippen LogP contribution in [-0.2, 0) is 24.2 Å². The van der Waals surface area contributed by atoms with Crippen LogP contribution in [0.15, 0.2) is 91.0 Å². The van der Waals surface area contributed by atoms with Gasteiger partial charge >= 0.3 is 0 Å². The summed E-state index contributed by atoms with van der Waals surface area (Å²) in [5.41, 5.74) is 3.91. The first kappa shape index (κ1) is 20.4. The highest BCUT2D eigenvalue weighted by Crippen LogP contribution is 2.25. The summed E-state index contributed by atoms with van der Waals surface area (Å²) in [7, 11) is 0. The summed E-state index contributed by atoms with van der Waals surface area (Å²) in [6.45, 7) is 6.04. The topological polar surface area (TPSA) is 23.6 Å². The van der Waals surface area contributed by atoms with E-state index in [4.69, 9.17) is 0 Å². The Morgan fingerprint density at radius 3 is 1.50 bits per heavy atom. The van der Waals surface area contributed by atoms with E-state index in [1.165, 1.54) is 16.7 Å². The predicted molar refractivity (Wildman–Crippen MR) is 122 cm³/mol. The van der Waals surface area contributed by atoms with Crippen molar-refractivity contribution in [2.24, 2.45) is 0 Å². The number of hydrogen-bond donors (Lipinski definition) is 0. The van der Waals surface area contributed by atoms with Gasteiger partial charge in [-0.15, -0.1) is 0 Å². The SMILES string of the molecule is [CH2]C(=O)N1CC(Cc2ccccc2)N(Cc2ccccc2)C(Cc2ccccc2)C1. The van der Waals surface area contributed by atoms with E-state index in [0.717, 1.165) is 32.5 Å². The number of carbonyl (C=O) groups is 1. The van der Waals surface area contributed by atoms with Crippen LogP contribution in [0.25, 0.3) is 0 Å². The molecule has 3 nitrogen and oxygen atoms in total. The summed E-state index contributed by atoms with van der Waals surface area (Å²) < 4.78 is 0. The Kier molecular flexibility index (Phi) is 6.60. The number of piperazine rings is 1. The maximum atomic E-state index is 12.3. The molecule has 1 amide bonds. The maximum Gasteiger partial charge on any atom is 0.223 e. The second kappa shape index (κ2) is 9.73. The Labute approximate surface area is 180 Å². The van der Waals surface area contributed by atoms with Crippen molar-refractivity contribution in [3.63, 3.8) is 0 Å². The summed E-state index contributed by atoms with van der Waals surface area (Å²) in [5, 5.41) is 0. The van der Waals surface area contributed by atoms with Crippen molar-refractivity contribution in [1.29, 1.82) is 0 Å². The number of carbonyl (C=O) groups excluding carboxylic acids is 1. The van der Waals surface area contributed by atoms with E-state index in [1.807, 2.05) is 4.90 Å². The second-order valence-electron chi connectivity index (χ2n) is 8.14. The molecule has 1 fully saturated rings. The van der Waals surface area contributed by atoms with Crippen LogP contribution in [0.4, 0.5) is 0 Å². The lowest BCUT2D eigenvalue weighted by Gasteiger charge is -2.47. The fourth-order valence-electron chi connectivity index (χ4n) is 4.48. The standard InChI is InChI=1S/C27H29N2O/c1-22(30)28-20-26(17-23-11-5-2-6-12-23)29(19-25-15-9-4-10-16-25)27(21-28)18-24-13-7-3-8-14-24/h2-16,26-27H,1,17-21H2. The van der Waals surface area contributed by atoms with E-state index in [1.54, 1.807) is 0 Å². The molecule has 2 unspecified atom stereocenters. The normalized spacial score (nSPS) is 19.6. The van der Waals surface area contributed by atoms with Gasteiger partial charge in [-0.05, 0) is 29.5 Å². The van der Waals surface area contributed by atoms with Crippen LogP contribution in [0, 0.1) is 6.92 Å². The van der Waals surface area contributed by atoms with Crippen molar-refractivity contribution >= 4 is 5.91 Å². The number of hydrogen-bond acceptors (Lipinski definition) is 2. The molecule has 1 aliphatic rings. The van der Waals surface area contributed by atoms with Crippen molar-refractivity contribution in [3.05, 3.63) is 115 Å². The molecule has 30 heavy (non-hydrogen) atoms. The molecule has 0 aromatic heterocycles. The van der Waals surface area contributed by atoms with E-state index in [0.29, 0.717) is 0 Å². The Morgan fingerprint density at radius 1 is 0.700 bits per heavy atom. The lowest BCUT2D eigenvalue weighted by atomic mass is 9.94. The molecular weight excluding hydrogens is 368 g/mol. The third kappa shape index (κ3) is 5.17. The van der Waals surface area contributed by atoms with E-state index in [9.17, 15) is 4.79 Å². The average molecular weight is 398 g/mol. The van der Waals surface area contributed by atoms with Gasteiger partial charge in [0.05, 0.1) is 0 Å². The van der Waals surface area contributed by atoms with Crippen LogP contribution >= 0.6 is 0 Å². The van der Waals surface area contributed by atoms with Crippen LogP contribution in [0.3, 0.4) is 0 Å². The molecule has 0 spiro atoms. The molecule has 1 saturated heterocycles. The number of benzene rings is 3. The number of nitrogens with zero attached hydrogens (tertiary/aromatic N) is 2. The minimum atomic E-state index is -0.0783. The first-order valence-electron chi connectivity index (χ1n) is 10.7. The zero-order valence-corrected chi connectivity index (χ0v) is 17.4. The largest absolute Gasteiger partial charge is 0.340 e. The summed E-state index contributed by atoms with van der Waals surface area (Å²) in [4.78, 5) is 16.8. The van der Waals surface area contributed by atoms with Crippen LogP contribution in [0.2, 0.25) is 0 Å². The smallest absolute Gasteiger partial charge is 0.223 e. The lowest BCUT2D eigenvalue weighted by Crippen LogP contribution is -2.60. The monoisotopic (exact) mass is 397 g/mol. The van der Waals surface area contributed by atoms with Gasteiger partial charge in [-0.3, -0.25) is 9.69 Å². The third-order valence-corrected chi connectivity index (χ3v) is 5.99. The Hall–Kier alpha value is -2.91. The molecule has 0 bridgehead atoms. The van der Waals surface area contributed by atoms with Gasteiger partial charge in [-0.1, -0.05) is 91.0 Å². The summed E-state index contributed by atoms with van der Waals surface area (Å²) >= 11 is 0. The quantitative estimate of drug-likeness (QED) is 0.616. The molecule has 0 aliphatic carbocycles. The molecule has 2 atom stereocenters. The van der Waals surface area contributed by atoms with Gasteiger partial charge in [-0.25, -0.2) is 0 Å². The molecule has 153 valence electrons. The van der Waals surface area contributed by atoms with Gasteiger partial charge in [0.25, 0.3) is 0 Å². The van der Waals surface area contributed by atoms with Crippen molar-refractivity contribution in [2.75, 3.05) is 13.1 Å². The number of rotatable bonds is 6. The van der Waals surface area contributed by atoms with Crippen molar-refractivity contribution < 1.29 is 4.79 Å². The van der Waals surface area contributed by atoms with Gasteiger partial charge in [0.1, 0.15) is 0 Å². The molecule has 4 rings (SSSR count). The summed E-state index contributed by atoms with van der Waals surface area (Å²) in [5.74, 6) is -0.0783. The van der Waals surface area contributed by atoms with Gasteiger partial charge in [-0.2, -0.15) is 0 Å². The zero-order valence-electron chi connectivity index (χ0n) is 17.4. The highest BCUT2D eigenvalue weighted by molar-refractivity contribution is 5.80. The lowest BCUT2D eigenvalue weighted by molar-refractivity contribution is -0.131. The molecule has 1 heterocycles. The van der Waals surface area contributed by atoms with E-state index in [-0.39, 0.29) is 18.0 Å².